The molecule has 1 amide bonds. The molecule has 0 aliphatic heterocycles. The summed E-state index contributed by atoms with van der Waals surface area (Å²) in [6, 6.07) is 4.71. The lowest BCUT2D eigenvalue weighted by Gasteiger charge is -2.10. The lowest BCUT2D eigenvalue weighted by atomic mass is 10.2. The van der Waals surface area contributed by atoms with Crippen LogP contribution in [0.2, 0.25) is 0 Å². The quantitative estimate of drug-likeness (QED) is 0.591. The van der Waals surface area contributed by atoms with Crippen LogP contribution in [-0.4, -0.2) is 10.9 Å². The minimum Gasteiger partial charge on any atom is -0.317 e. The number of anilines is 2. The number of benzene rings is 1. The fourth-order valence-corrected chi connectivity index (χ4v) is 1.86. The van der Waals surface area contributed by atoms with E-state index in [1.54, 1.807) is 0 Å². The van der Waals surface area contributed by atoms with Crippen molar-refractivity contribution in [1.29, 1.82) is 0 Å². The van der Waals surface area contributed by atoms with Gasteiger partial charge in [0.25, 0.3) is 5.91 Å². The third-order valence-electron chi connectivity index (χ3n) is 2.44. The first-order chi connectivity index (χ1) is 9.52. The Morgan fingerprint density at radius 1 is 1.30 bits per heavy atom. The molecule has 8 heteroatoms. The van der Waals surface area contributed by atoms with Gasteiger partial charge in [-0.3, -0.25) is 4.79 Å². The Morgan fingerprint density at radius 2 is 1.95 bits per heavy atom. The average molecular weight is 343 g/mol. The molecule has 0 saturated carbocycles. The summed E-state index contributed by atoms with van der Waals surface area (Å²) in [6.07, 6.45) is 1.43. The molecule has 1 aromatic heterocycles. The van der Waals surface area contributed by atoms with Crippen LogP contribution in [0.25, 0.3) is 0 Å². The number of carbonyl (C=O) groups excluding carboxylic acids is 1. The maximum Gasteiger partial charge on any atom is 0.259 e. The van der Waals surface area contributed by atoms with Crippen molar-refractivity contribution in [2.45, 2.75) is 0 Å². The van der Waals surface area contributed by atoms with Crippen molar-refractivity contribution in [2.75, 3.05) is 10.7 Å². The van der Waals surface area contributed by atoms with E-state index in [2.05, 4.69) is 31.7 Å². The summed E-state index contributed by atoms with van der Waals surface area (Å²) >= 11 is 3.15. The molecule has 0 bridgehead atoms. The zero-order valence-electron chi connectivity index (χ0n) is 9.95. The molecule has 2 rings (SSSR count). The lowest BCUT2D eigenvalue weighted by Crippen LogP contribution is -2.19. The first-order valence-corrected chi connectivity index (χ1v) is 6.19. The molecular formula is C12H9BrF2N4O. The minimum atomic E-state index is -0.872. The highest BCUT2D eigenvalue weighted by Gasteiger charge is 2.17. The molecule has 1 aromatic carbocycles. The number of hydrogen-bond acceptors (Lipinski definition) is 4. The number of rotatable bonds is 3. The van der Waals surface area contributed by atoms with Crippen molar-refractivity contribution in [3.05, 3.63) is 52.1 Å². The molecule has 0 unspecified atom stereocenters. The predicted molar refractivity (Wildman–Crippen MR) is 74.1 cm³/mol. The topological polar surface area (TPSA) is 80.0 Å². The standard InChI is InChI=1S/C12H9BrF2N4O/c13-6-4-7(11(19-16)17-5-6)12(20)18-10-8(14)2-1-3-9(10)15/h1-5H,16H2,(H,17,19)(H,18,20). The highest BCUT2D eigenvalue weighted by atomic mass is 79.9. The highest BCUT2D eigenvalue weighted by Crippen LogP contribution is 2.22. The van der Waals surface area contributed by atoms with Crippen LogP contribution in [-0.2, 0) is 0 Å². The van der Waals surface area contributed by atoms with Crippen molar-refractivity contribution in [3.63, 3.8) is 0 Å². The van der Waals surface area contributed by atoms with Crippen molar-refractivity contribution in [3.8, 4) is 0 Å². The van der Waals surface area contributed by atoms with E-state index >= 15 is 0 Å². The van der Waals surface area contributed by atoms with Crippen LogP contribution in [0.1, 0.15) is 10.4 Å². The zero-order valence-corrected chi connectivity index (χ0v) is 11.5. The van der Waals surface area contributed by atoms with Gasteiger partial charge in [0.15, 0.2) is 5.82 Å². The number of pyridine rings is 1. The maximum atomic E-state index is 13.5. The van der Waals surface area contributed by atoms with Crippen LogP contribution in [0.3, 0.4) is 0 Å². The van der Waals surface area contributed by atoms with Crippen LogP contribution in [0.5, 0.6) is 0 Å². The second-order valence-corrected chi connectivity index (χ2v) is 4.66. The van der Waals surface area contributed by atoms with Gasteiger partial charge in [0, 0.05) is 10.7 Å². The van der Waals surface area contributed by atoms with Crippen molar-refractivity contribution < 1.29 is 13.6 Å². The number of halogens is 3. The molecule has 0 radical (unpaired) electrons. The summed E-state index contributed by atoms with van der Waals surface area (Å²) < 4.78 is 27.5. The van der Waals surface area contributed by atoms with E-state index < -0.39 is 23.2 Å². The molecule has 5 nitrogen and oxygen atoms in total. The van der Waals surface area contributed by atoms with E-state index in [-0.39, 0.29) is 11.4 Å². The third kappa shape index (κ3) is 2.91. The summed E-state index contributed by atoms with van der Waals surface area (Å²) in [4.78, 5) is 15.9. The van der Waals surface area contributed by atoms with E-state index in [4.69, 9.17) is 5.84 Å². The Bertz CT molecular complexity index is 646. The van der Waals surface area contributed by atoms with Crippen LogP contribution in [0, 0.1) is 11.6 Å². The monoisotopic (exact) mass is 342 g/mol. The maximum absolute atomic E-state index is 13.5. The summed E-state index contributed by atoms with van der Waals surface area (Å²) in [5, 5.41) is 2.15. The molecule has 2 aromatic rings. The average Bonchev–Trinajstić information content (AvgIpc) is 2.43. The van der Waals surface area contributed by atoms with Crippen LogP contribution in [0.4, 0.5) is 20.3 Å². The summed E-state index contributed by atoms with van der Waals surface area (Å²) in [7, 11) is 0. The summed E-state index contributed by atoms with van der Waals surface area (Å²) in [5.74, 6) is 2.84. The van der Waals surface area contributed by atoms with Gasteiger partial charge in [-0.05, 0) is 34.1 Å². The number of nitrogen functional groups attached to an aromatic ring is 1. The highest BCUT2D eigenvalue weighted by molar-refractivity contribution is 9.10. The van der Waals surface area contributed by atoms with E-state index in [0.717, 1.165) is 12.1 Å². The number of hydrogen-bond donors (Lipinski definition) is 3. The molecule has 4 N–H and O–H groups in total. The van der Waals surface area contributed by atoms with Crippen LogP contribution < -0.4 is 16.6 Å². The predicted octanol–water partition coefficient (Wildman–Crippen LogP) is 2.66. The molecule has 0 aliphatic rings. The second-order valence-electron chi connectivity index (χ2n) is 3.74. The second kappa shape index (κ2) is 5.93. The van der Waals surface area contributed by atoms with Crippen molar-refractivity contribution in [1.82, 2.24) is 4.98 Å². The van der Waals surface area contributed by atoms with Gasteiger partial charge >= 0.3 is 0 Å². The van der Waals surface area contributed by atoms with Gasteiger partial charge < -0.3 is 10.7 Å². The van der Waals surface area contributed by atoms with Gasteiger partial charge in [-0.1, -0.05) is 6.07 Å². The SMILES string of the molecule is NNc1ncc(Br)cc1C(=O)Nc1c(F)cccc1F. The molecule has 20 heavy (non-hydrogen) atoms. The van der Waals surface area contributed by atoms with Gasteiger partial charge in [-0.2, -0.15) is 0 Å². The molecule has 0 saturated heterocycles. The number of nitrogens with two attached hydrogens (primary N) is 1. The van der Waals surface area contributed by atoms with E-state index in [1.807, 2.05) is 0 Å². The molecule has 1 heterocycles. The Hall–Kier alpha value is -2.06. The molecule has 0 spiro atoms. The molecular weight excluding hydrogens is 334 g/mol. The summed E-state index contributed by atoms with van der Waals surface area (Å²) in [5.41, 5.74) is 1.76. The van der Waals surface area contributed by atoms with E-state index in [1.165, 1.54) is 18.3 Å². The number of nitrogens with one attached hydrogen (secondary N) is 2. The largest absolute Gasteiger partial charge is 0.317 e. The van der Waals surface area contributed by atoms with Gasteiger partial charge in [0.2, 0.25) is 0 Å². The van der Waals surface area contributed by atoms with E-state index in [9.17, 15) is 13.6 Å². The molecule has 0 fully saturated rings. The first kappa shape index (κ1) is 14.4. The number of hydrazine groups is 1. The van der Waals surface area contributed by atoms with Crippen molar-refractivity contribution in [2.24, 2.45) is 5.84 Å². The normalized spacial score (nSPS) is 10.2. The first-order valence-electron chi connectivity index (χ1n) is 5.40. The van der Waals surface area contributed by atoms with Crippen molar-refractivity contribution >= 4 is 33.3 Å². The lowest BCUT2D eigenvalue weighted by molar-refractivity contribution is 0.102. The molecule has 0 atom stereocenters. The molecule has 104 valence electrons. The third-order valence-corrected chi connectivity index (χ3v) is 2.87. The Kier molecular flexibility index (Phi) is 4.26. The number of aromatic nitrogens is 1. The fourth-order valence-electron chi connectivity index (χ4n) is 1.53. The number of carbonyl (C=O) groups is 1. The molecule has 0 aliphatic carbocycles. The van der Waals surface area contributed by atoms with Gasteiger partial charge in [-0.15, -0.1) is 0 Å². The smallest absolute Gasteiger partial charge is 0.259 e. The minimum absolute atomic E-state index is 0.0459. The van der Waals surface area contributed by atoms with E-state index in [0.29, 0.717) is 4.47 Å². The van der Waals surface area contributed by atoms with Crippen LogP contribution >= 0.6 is 15.9 Å². The zero-order chi connectivity index (χ0) is 14.7. The summed E-state index contributed by atoms with van der Waals surface area (Å²) in [6.45, 7) is 0. The fraction of sp³-hybridized carbons (Fsp3) is 0. The Labute approximate surface area is 121 Å². The van der Waals surface area contributed by atoms with Gasteiger partial charge in [0.05, 0.1) is 5.56 Å². The van der Waals surface area contributed by atoms with Gasteiger partial charge in [-0.25, -0.2) is 19.6 Å². The number of para-hydroxylation sites is 1. The van der Waals surface area contributed by atoms with Gasteiger partial charge in [0.1, 0.15) is 17.3 Å². The number of nitrogens with zero attached hydrogens (tertiary/aromatic N) is 1. The Morgan fingerprint density at radius 3 is 2.55 bits per heavy atom. The Balaban J connectivity index is 2.35. The van der Waals surface area contributed by atoms with Crippen LogP contribution in [0.15, 0.2) is 34.9 Å². The number of amides is 1.